The van der Waals surface area contributed by atoms with E-state index in [0.717, 1.165) is 31.6 Å². The molecule has 0 unspecified atom stereocenters. The van der Waals surface area contributed by atoms with Crippen molar-refractivity contribution in [3.63, 3.8) is 0 Å². The zero-order valence-corrected chi connectivity index (χ0v) is 20.4. The fourth-order valence-corrected chi connectivity index (χ4v) is 4.51. The first kappa shape index (κ1) is 24.9. The minimum absolute atomic E-state index is 0.151. The molecule has 0 radical (unpaired) electrons. The smallest absolute Gasteiger partial charge is 0.234 e. The number of nitrogens with one attached hydrogen (secondary N) is 1. The van der Waals surface area contributed by atoms with E-state index in [1.807, 2.05) is 30.2 Å². The molecule has 1 fully saturated rings. The highest BCUT2D eigenvalue weighted by Crippen LogP contribution is 2.31. The Morgan fingerprint density at radius 1 is 1.09 bits per heavy atom. The molecular formula is C23H33N5O4S. The van der Waals surface area contributed by atoms with Gasteiger partial charge < -0.3 is 24.3 Å². The van der Waals surface area contributed by atoms with E-state index in [2.05, 4.69) is 15.5 Å². The molecule has 33 heavy (non-hydrogen) atoms. The summed E-state index contributed by atoms with van der Waals surface area (Å²) in [6, 6.07) is 5.35. The van der Waals surface area contributed by atoms with Gasteiger partial charge in [-0.15, -0.1) is 10.2 Å². The van der Waals surface area contributed by atoms with E-state index >= 15 is 0 Å². The van der Waals surface area contributed by atoms with E-state index in [1.165, 1.54) is 11.8 Å². The number of aromatic nitrogens is 3. The standard InChI is InChI=1S/C23H33N5O4S/c1-4-28-20(15-27-13-9-7-8-10-22(27)30)25-26-23(28)33-16-21(29)24-17-11-12-18(31-5-2)19(14-17)32-6-3/h11-12,14H,4-10,13,15-16H2,1-3H3,(H,24,29). The number of benzene rings is 1. The molecule has 2 aromatic rings. The average Bonchev–Trinajstić information content (AvgIpc) is 3.08. The van der Waals surface area contributed by atoms with Crippen LogP contribution in [0.15, 0.2) is 23.4 Å². The number of hydrogen-bond donors (Lipinski definition) is 1. The molecule has 9 nitrogen and oxygen atoms in total. The van der Waals surface area contributed by atoms with Gasteiger partial charge in [0.15, 0.2) is 22.5 Å². The van der Waals surface area contributed by atoms with Gasteiger partial charge in [0.05, 0.1) is 25.5 Å². The van der Waals surface area contributed by atoms with Gasteiger partial charge in [0.2, 0.25) is 11.8 Å². The largest absolute Gasteiger partial charge is 0.490 e. The Bertz CT molecular complexity index is 949. The minimum Gasteiger partial charge on any atom is -0.490 e. The van der Waals surface area contributed by atoms with Crippen LogP contribution in [0.2, 0.25) is 0 Å². The van der Waals surface area contributed by atoms with Gasteiger partial charge in [-0.25, -0.2) is 0 Å². The molecular weight excluding hydrogens is 442 g/mol. The van der Waals surface area contributed by atoms with Gasteiger partial charge >= 0.3 is 0 Å². The van der Waals surface area contributed by atoms with Gasteiger partial charge in [0, 0.05) is 31.3 Å². The molecule has 1 aliphatic heterocycles. The van der Waals surface area contributed by atoms with Crippen LogP contribution in [0.4, 0.5) is 5.69 Å². The van der Waals surface area contributed by atoms with Crippen LogP contribution in [0.25, 0.3) is 0 Å². The molecule has 1 aliphatic rings. The topological polar surface area (TPSA) is 98.6 Å². The van der Waals surface area contributed by atoms with E-state index in [-0.39, 0.29) is 17.6 Å². The number of amides is 2. The molecule has 1 aromatic heterocycles. The Hall–Kier alpha value is -2.75. The Morgan fingerprint density at radius 3 is 2.64 bits per heavy atom. The van der Waals surface area contributed by atoms with Crippen molar-refractivity contribution in [2.24, 2.45) is 0 Å². The van der Waals surface area contributed by atoms with Gasteiger partial charge in [0.25, 0.3) is 0 Å². The van der Waals surface area contributed by atoms with Crippen molar-refractivity contribution in [3.8, 4) is 11.5 Å². The van der Waals surface area contributed by atoms with Crippen molar-refractivity contribution in [2.45, 2.75) is 64.7 Å². The Balaban J connectivity index is 1.60. The fraction of sp³-hybridized carbons (Fsp3) is 0.565. The number of rotatable bonds is 11. The molecule has 0 saturated carbocycles. The predicted octanol–water partition coefficient (Wildman–Crippen LogP) is 3.73. The van der Waals surface area contributed by atoms with E-state index in [4.69, 9.17) is 9.47 Å². The first-order chi connectivity index (χ1) is 16.0. The minimum atomic E-state index is -0.151. The van der Waals surface area contributed by atoms with Crippen molar-refractivity contribution in [2.75, 3.05) is 30.8 Å². The molecule has 1 aromatic carbocycles. The Labute approximate surface area is 199 Å². The number of carbonyl (C=O) groups is 2. The number of thioether (sulfide) groups is 1. The number of nitrogens with zero attached hydrogens (tertiary/aromatic N) is 4. The van der Waals surface area contributed by atoms with Crippen molar-refractivity contribution in [3.05, 3.63) is 24.0 Å². The monoisotopic (exact) mass is 475 g/mol. The highest BCUT2D eigenvalue weighted by Gasteiger charge is 2.21. The Kier molecular flexibility index (Phi) is 9.41. The molecule has 3 rings (SSSR count). The van der Waals surface area contributed by atoms with Gasteiger partial charge in [0.1, 0.15) is 0 Å². The molecule has 2 heterocycles. The maximum atomic E-state index is 12.6. The third kappa shape index (κ3) is 6.86. The van der Waals surface area contributed by atoms with Crippen LogP contribution in [0, 0.1) is 0 Å². The van der Waals surface area contributed by atoms with Crippen LogP contribution in [0.1, 0.15) is 52.3 Å². The number of carbonyl (C=O) groups excluding carboxylic acids is 2. The average molecular weight is 476 g/mol. The van der Waals surface area contributed by atoms with Gasteiger partial charge in [-0.05, 0) is 45.7 Å². The van der Waals surface area contributed by atoms with E-state index in [1.54, 1.807) is 18.2 Å². The maximum Gasteiger partial charge on any atom is 0.234 e. The molecule has 1 N–H and O–H groups in total. The zero-order chi connectivity index (χ0) is 23.6. The highest BCUT2D eigenvalue weighted by atomic mass is 32.2. The second-order valence-electron chi connectivity index (χ2n) is 7.63. The summed E-state index contributed by atoms with van der Waals surface area (Å²) in [6.07, 6.45) is 3.65. The summed E-state index contributed by atoms with van der Waals surface area (Å²) in [6.45, 7) is 8.75. The van der Waals surface area contributed by atoms with E-state index in [0.29, 0.717) is 55.1 Å². The fourth-order valence-electron chi connectivity index (χ4n) is 3.69. The van der Waals surface area contributed by atoms with Crippen LogP contribution in [-0.4, -0.2) is 57.0 Å². The lowest BCUT2D eigenvalue weighted by Crippen LogP contribution is -2.31. The van der Waals surface area contributed by atoms with Crippen molar-refractivity contribution in [1.29, 1.82) is 0 Å². The predicted molar refractivity (Wildman–Crippen MR) is 128 cm³/mol. The number of anilines is 1. The van der Waals surface area contributed by atoms with E-state index < -0.39 is 0 Å². The summed E-state index contributed by atoms with van der Waals surface area (Å²) in [4.78, 5) is 26.8. The second kappa shape index (κ2) is 12.5. The molecule has 1 saturated heterocycles. The molecule has 0 atom stereocenters. The summed E-state index contributed by atoms with van der Waals surface area (Å²) < 4.78 is 13.2. The van der Waals surface area contributed by atoms with Crippen LogP contribution < -0.4 is 14.8 Å². The summed E-state index contributed by atoms with van der Waals surface area (Å²) in [7, 11) is 0. The number of ether oxygens (including phenoxy) is 2. The lowest BCUT2D eigenvalue weighted by atomic mass is 10.2. The number of hydrogen-bond acceptors (Lipinski definition) is 7. The SMILES string of the molecule is CCOc1ccc(NC(=O)CSc2nnc(CN3CCCCCC3=O)n2CC)cc1OCC. The molecule has 180 valence electrons. The van der Waals surface area contributed by atoms with Crippen molar-refractivity contribution < 1.29 is 19.1 Å². The van der Waals surface area contributed by atoms with Crippen molar-refractivity contribution >= 4 is 29.3 Å². The zero-order valence-electron chi connectivity index (χ0n) is 19.6. The van der Waals surface area contributed by atoms with Crippen LogP contribution >= 0.6 is 11.8 Å². The van der Waals surface area contributed by atoms with Gasteiger partial charge in [-0.3, -0.25) is 9.59 Å². The maximum absolute atomic E-state index is 12.6. The molecule has 0 aliphatic carbocycles. The lowest BCUT2D eigenvalue weighted by Gasteiger charge is -2.20. The first-order valence-corrected chi connectivity index (χ1v) is 12.6. The summed E-state index contributed by atoms with van der Waals surface area (Å²) >= 11 is 1.33. The van der Waals surface area contributed by atoms with Gasteiger partial charge in [-0.1, -0.05) is 18.2 Å². The van der Waals surface area contributed by atoms with Crippen LogP contribution in [0.3, 0.4) is 0 Å². The molecule has 0 bridgehead atoms. The number of likely N-dealkylation sites (tertiary alicyclic amines) is 1. The van der Waals surface area contributed by atoms with E-state index in [9.17, 15) is 9.59 Å². The van der Waals surface area contributed by atoms with Crippen molar-refractivity contribution in [1.82, 2.24) is 19.7 Å². The molecule has 10 heteroatoms. The van der Waals surface area contributed by atoms with Gasteiger partial charge in [-0.2, -0.15) is 0 Å². The lowest BCUT2D eigenvalue weighted by molar-refractivity contribution is -0.131. The molecule has 0 spiro atoms. The summed E-state index contributed by atoms with van der Waals surface area (Å²) in [5.41, 5.74) is 0.643. The molecule has 2 amide bonds. The Morgan fingerprint density at radius 2 is 1.88 bits per heavy atom. The van der Waals surface area contributed by atoms with Crippen LogP contribution in [-0.2, 0) is 22.7 Å². The third-order valence-electron chi connectivity index (χ3n) is 5.27. The summed E-state index contributed by atoms with van der Waals surface area (Å²) in [5.74, 6) is 2.22. The quantitative estimate of drug-likeness (QED) is 0.495. The highest BCUT2D eigenvalue weighted by molar-refractivity contribution is 7.99. The third-order valence-corrected chi connectivity index (χ3v) is 6.24. The summed E-state index contributed by atoms with van der Waals surface area (Å²) in [5, 5.41) is 12.1. The van der Waals surface area contributed by atoms with Crippen LogP contribution in [0.5, 0.6) is 11.5 Å². The second-order valence-corrected chi connectivity index (χ2v) is 8.58. The first-order valence-electron chi connectivity index (χ1n) is 11.6. The normalized spacial score (nSPS) is 14.2.